The molecule has 1 N–H and O–H groups in total. The smallest absolute Gasteiger partial charge is 0.240 e. The molecule has 8 heteroatoms. The van der Waals surface area contributed by atoms with Gasteiger partial charge in [0, 0.05) is 6.54 Å². The summed E-state index contributed by atoms with van der Waals surface area (Å²) < 4.78 is 38.2. The van der Waals surface area contributed by atoms with E-state index >= 15 is 0 Å². The molecule has 0 aliphatic carbocycles. The van der Waals surface area contributed by atoms with E-state index in [0.29, 0.717) is 12.5 Å². The van der Waals surface area contributed by atoms with Crippen molar-refractivity contribution in [3.63, 3.8) is 0 Å². The Morgan fingerprint density at radius 1 is 1.36 bits per heavy atom. The standard InChI is InChI=1S/C17H26ClFN2O3S/c1-4-6-7-13(5-2)11-20-17(22)12-21(25(3,23)24)14-8-9-16(19)15(18)10-14/h8-10,13H,4-7,11-12H2,1-3H3,(H,20,22). The monoisotopic (exact) mass is 392 g/mol. The van der Waals surface area contributed by atoms with Gasteiger partial charge in [0.2, 0.25) is 15.9 Å². The fourth-order valence-corrected chi connectivity index (χ4v) is 3.45. The molecule has 0 radical (unpaired) electrons. The summed E-state index contributed by atoms with van der Waals surface area (Å²) in [6.45, 7) is 4.32. The summed E-state index contributed by atoms with van der Waals surface area (Å²) in [5.41, 5.74) is 0.155. The second-order valence-corrected chi connectivity index (χ2v) is 8.40. The van der Waals surface area contributed by atoms with Gasteiger partial charge in [-0.3, -0.25) is 9.10 Å². The van der Waals surface area contributed by atoms with E-state index in [2.05, 4.69) is 19.2 Å². The number of rotatable bonds is 10. The van der Waals surface area contributed by atoms with E-state index in [-0.39, 0.29) is 17.3 Å². The SMILES string of the molecule is CCCCC(CC)CNC(=O)CN(c1ccc(F)c(Cl)c1)S(C)(=O)=O. The number of unbranched alkanes of at least 4 members (excludes halogenated alkanes) is 1. The summed E-state index contributed by atoms with van der Waals surface area (Å²) in [7, 11) is -3.71. The van der Waals surface area contributed by atoms with E-state index in [9.17, 15) is 17.6 Å². The molecule has 5 nitrogen and oxygen atoms in total. The Kier molecular flexibility index (Phi) is 8.65. The summed E-state index contributed by atoms with van der Waals surface area (Å²) in [6, 6.07) is 3.55. The van der Waals surface area contributed by atoms with Gasteiger partial charge in [0.15, 0.2) is 0 Å². The molecule has 0 saturated carbocycles. The molecule has 0 fully saturated rings. The van der Waals surface area contributed by atoms with Crippen molar-refractivity contribution in [2.75, 3.05) is 23.7 Å². The van der Waals surface area contributed by atoms with Crippen LogP contribution in [-0.2, 0) is 14.8 Å². The molecule has 0 bridgehead atoms. The first-order chi connectivity index (χ1) is 11.7. The van der Waals surface area contributed by atoms with Gasteiger partial charge in [-0.1, -0.05) is 44.7 Å². The number of sulfonamides is 1. The third-order valence-electron chi connectivity index (χ3n) is 4.01. The van der Waals surface area contributed by atoms with Crippen LogP contribution in [0.2, 0.25) is 5.02 Å². The highest BCUT2D eigenvalue weighted by Crippen LogP contribution is 2.24. The number of anilines is 1. The van der Waals surface area contributed by atoms with E-state index < -0.39 is 21.7 Å². The third kappa shape index (κ3) is 7.20. The van der Waals surface area contributed by atoms with E-state index in [0.717, 1.165) is 42.3 Å². The summed E-state index contributed by atoms with van der Waals surface area (Å²) in [5.74, 6) is -0.679. The molecule has 0 heterocycles. The van der Waals surface area contributed by atoms with Gasteiger partial charge in [-0.2, -0.15) is 0 Å². The molecular weight excluding hydrogens is 367 g/mol. The number of amides is 1. The molecule has 0 aromatic heterocycles. The Bertz CT molecular complexity index is 682. The molecule has 142 valence electrons. The van der Waals surface area contributed by atoms with Crippen LogP contribution in [0.3, 0.4) is 0 Å². The van der Waals surface area contributed by atoms with Crippen LogP contribution in [-0.4, -0.2) is 33.7 Å². The van der Waals surface area contributed by atoms with Crippen molar-refractivity contribution in [1.29, 1.82) is 0 Å². The van der Waals surface area contributed by atoms with Crippen LogP contribution < -0.4 is 9.62 Å². The average Bonchev–Trinajstić information content (AvgIpc) is 2.54. The predicted molar refractivity (Wildman–Crippen MR) is 99.9 cm³/mol. The summed E-state index contributed by atoms with van der Waals surface area (Å²) in [4.78, 5) is 12.2. The first-order valence-electron chi connectivity index (χ1n) is 8.38. The van der Waals surface area contributed by atoms with Crippen molar-refractivity contribution in [3.05, 3.63) is 29.0 Å². The Labute approximate surface area is 154 Å². The fraction of sp³-hybridized carbons (Fsp3) is 0.588. The van der Waals surface area contributed by atoms with E-state index in [4.69, 9.17) is 11.6 Å². The highest BCUT2D eigenvalue weighted by atomic mass is 35.5. The number of benzene rings is 1. The average molecular weight is 393 g/mol. The van der Waals surface area contributed by atoms with Crippen molar-refractivity contribution < 1.29 is 17.6 Å². The number of carbonyl (C=O) groups excluding carboxylic acids is 1. The quantitative estimate of drug-likeness (QED) is 0.661. The summed E-state index contributed by atoms with van der Waals surface area (Å²) in [6.07, 6.45) is 5.16. The molecule has 1 atom stereocenters. The zero-order valence-corrected chi connectivity index (χ0v) is 16.5. The molecule has 1 amide bonds. The summed E-state index contributed by atoms with van der Waals surface area (Å²) in [5, 5.41) is 2.59. The Hall–Kier alpha value is -1.34. The molecule has 25 heavy (non-hydrogen) atoms. The van der Waals surface area contributed by atoms with Crippen LogP contribution in [0.25, 0.3) is 0 Å². The number of carbonyl (C=O) groups is 1. The molecule has 1 aromatic carbocycles. The van der Waals surface area contributed by atoms with E-state index in [1.807, 2.05) is 0 Å². The lowest BCUT2D eigenvalue weighted by atomic mass is 9.99. The minimum absolute atomic E-state index is 0.155. The number of nitrogens with one attached hydrogen (secondary N) is 1. The number of hydrogen-bond acceptors (Lipinski definition) is 3. The normalized spacial score (nSPS) is 12.7. The highest BCUT2D eigenvalue weighted by Gasteiger charge is 2.22. The van der Waals surface area contributed by atoms with Crippen molar-refractivity contribution in [3.8, 4) is 0 Å². The van der Waals surface area contributed by atoms with E-state index in [1.54, 1.807) is 0 Å². The molecule has 1 rings (SSSR count). The van der Waals surface area contributed by atoms with Crippen LogP contribution >= 0.6 is 11.6 Å². The first-order valence-corrected chi connectivity index (χ1v) is 10.6. The molecule has 0 aliphatic heterocycles. The van der Waals surface area contributed by atoms with Crippen LogP contribution in [0, 0.1) is 11.7 Å². The first kappa shape index (κ1) is 21.7. The van der Waals surface area contributed by atoms with Crippen LogP contribution in [0.1, 0.15) is 39.5 Å². The maximum absolute atomic E-state index is 13.3. The fourth-order valence-electron chi connectivity index (χ4n) is 2.43. The molecule has 1 aromatic rings. The number of hydrogen-bond donors (Lipinski definition) is 1. The van der Waals surface area contributed by atoms with Gasteiger partial charge in [-0.05, 0) is 30.5 Å². The lowest BCUT2D eigenvalue weighted by Gasteiger charge is -2.23. The van der Waals surface area contributed by atoms with Gasteiger partial charge in [0.25, 0.3) is 0 Å². The topological polar surface area (TPSA) is 66.5 Å². The molecule has 0 aliphatic rings. The second-order valence-electron chi connectivity index (χ2n) is 6.09. The Morgan fingerprint density at radius 3 is 2.56 bits per heavy atom. The van der Waals surface area contributed by atoms with Crippen LogP contribution in [0.5, 0.6) is 0 Å². The van der Waals surface area contributed by atoms with E-state index in [1.165, 1.54) is 12.1 Å². The second kappa shape index (κ2) is 9.97. The van der Waals surface area contributed by atoms with Crippen LogP contribution in [0.4, 0.5) is 10.1 Å². The molecule has 1 unspecified atom stereocenters. The minimum atomic E-state index is -3.71. The number of nitrogens with zero attached hydrogens (tertiary/aromatic N) is 1. The molecule has 0 saturated heterocycles. The third-order valence-corrected chi connectivity index (χ3v) is 5.44. The van der Waals surface area contributed by atoms with Crippen molar-refractivity contribution in [2.24, 2.45) is 5.92 Å². The van der Waals surface area contributed by atoms with Gasteiger partial charge in [0.05, 0.1) is 17.0 Å². The maximum Gasteiger partial charge on any atom is 0.240 e. The maximum atomic E-state index is 13.3. The lowest BCUT2D eigenvalue weighted by molar-refractivity contribution is -0.119. The van der Waals surface area contributed by atoms with Crippen molar-refractivity contribution in [2.45, 2.75) is 39.5 Å². The Balaban J connectivity index is 2.79. The van der Waals surface area contributed by atoms with Gasteiger partial charge >= 0.3 is 0 Å². The molecule has 0 spiro atoms. The highest BCUT2D eigenvalue weighted by molar-refractivity contribution is 7.92. The van der Waals surface area contributed by atoms with Gasteiger partial charge < -0.3 is 5.32 Å². The van der Waals surface area contributed by atoms with Crippen LogP contribution in [0.15, 0.2) is 18.2 Å². The zero-order chi connectivity index (χ0) is 19.0. The predicted octanol–water partition coefficient (Wildman–Crippen LogP) is 3.58. The van der Waals surface area contributed by atoms with Crippen molar-refractivity contribution in [1.82, 2.24) is 5.32 Å². The largest absolute Gasteiger partial charge is 0.354 e. The van der Waals surface area contributed by atoms with Gasteiger partial charge in [-0.15, -0.1) is 0 Å². The van der Waals surface area contributed by atoms with Gasteiger partial charge in [0.1, 0.15) is 12.4 Å². The minimum Gasteiger partial charge on any atom is -0.354 e. The number of halogens is 2. The Morgan fingerprint density at radius 2 is 2.04 bits per heavy atom. The zero-order valence-electron chi connectivity index (χ0n) is 14.9. The van der Waals surface area contributed by atoms with Gasteiger partial charge in [-0.25, -0.2) is 12.8 Å². The summed E-state index contributed by atoms with van der Waals surface area (Å²) >= 11 is 5.72. The lowest BCUT2D eigenvalue weighted by Crippen LogP contribution is -2.41. The molecular formula is C17H26ClFN2O3S. The van der Waals surface area contributed by atoms with Crippen molar-refractivity contribution >= 4 is 33.2 Å².